The van der Waals surface area contributed by atoms with E-state index in [9.17, 15) is 14.9 Å². The van der Waals surface area contributed by atoms with Crippen LogP contribution in [0.4, 0.5) is 5.69 Å². The molecule has 0 aliphatic rings. The Labute approximate surface area is 92.6 Å². The maximum Gasteiger partial charge on any atom is 2.00 e. The minimum Gasteiger partial charge on any atom is -1.00 e. The van der Waals surface area contributed by atoms with E-state index < -0.39 is 10.9 Å². The fraction of sp³-hybridized carbons (Fsp3) is 0. The summed E-state index contributed by atoms with van der Waals surface area (Å²) in [5, 5.41) is 18.8. The average Bonchev–Trinajstić information content (AvgIpc) is 2.04. The number of benzene rings is 1. The Morgan fingerprint density at radius 2 is 2.00 bits per heavy atom. The molecule has 0 saturated heterocycles. The summed E-state index contributed by atoms with van der Waals surface area (Å²) >= 11 is 0. The number of hydrogen-bond acceptors (Lipinski definition) is 3. The van der Waals surface area contributed by atoms with Crippen molar-refractivity contribution in [3.63, 3.8) is 0 Å². The van der Waals surface area contributed by atoms with Gasteiger partial charge >= 0.3 is 29.0 Å². The molecule has 0 aromatic heterocycles. The number of nitro groups is 1. The van der Waals surface area contributed by atoms with E-state index in [1.54, 1.807) is 0 Å². The molecular weight excluding hydrogens is 186 g/mol. The van der Waals surface area contributed by atoms with E-state index in [4.69, 9.17) is 5.11 Å². The molecule has 0 spiro atoms. The maximum absolute atomic E-state index is 10.4. The number of hydrogen-bond donors (Lipinski definition) is 1. The molecule has 0 aliphatic carbocycles. The molecule has 0 atom stereocenters. The molecular formula is C7H7MgNO4. The zero-order valence-corrected chi connectivity index (χ0v) is 8.05. The number of nitrogens with zero attached hydrogens (tertiary/aromatic N) is 1. The zero-order chi connectivity index (χ0) is 9.14. The third-order valence-corrected chi connectivity index (χ3v) is 1.33. The van der Waals surface area contributed by atoms with Gasteiger partial charge in [-0.2, -0.15) is 0 Å². The molecule has 0 aliphatic heterocycles. The predicted molar refractivity (Wildman–Crippen MR) is 48.0 cm³/mol. The van der Waals surface area contributed by atoms with Gasteiger partial charge in [-0.05, 0) is 6.07 Å². The van der Waals surface area contributed by atoms with Crippen molar-refractivity contribution in [2.45, 2.75) is 0 Å². The Morgan fingerprint density at radius 3 is 2.38 bits per heavy atom. The van der Waals surface area contributed by atoms with E-state index in [-0.39, 0.29) is 37.2 Å². The van der Waals surface area contributed by atoms with E-state index in [1.807, 2.05) is 0 Å². The summed E-state index contributed by atoms with van der Waals surface area (Å²) in [6.45, 7) is 0. The molecule has 1 N–H and O–H groups in total. The summed E-state index contributed by atoms with van der Waals surface area (Å²) in [4.78, 5) is 20.0. The Hall–Kier alpha value is -1.14. The van der Waals surface area contributed by atoms with Crippen molar-refractivity contribution >= 4 is 34.7 Å². The molecule has 0 unspecified atom stereocenters. The minimum absolute atomic E-state index is 0. The number of rotatable bonds is 2. The fourth-order valence-electron chi connectivity index (χ4n) is 0.814. The number of para-hydroxylation sites is 1. The second-order valence-corrected chi connectivity index (χ2v) is 2.08. The van der Waals surface area contributed by atoms with Crippen molar-refractivity contribution in [2.24, 2.45) is 0 Å². The van der Waals surface area contributed by atoms with Crippen LogP contribution >= 0.6 is 0 Å². The summed E-state index contributed by atoms with van der Waals surface area (Å²) in [7, 11) is 0. The van der Waals surface area contributed by atoms with Gasteiger partial charge in [-0.15, -0.1) is 0 Å². The second kappa shape index (κ2) is 4.78. The smallest absolute Gasteiger partial charge is 1.00 e. The van der Waals surface area contributed by atoms with E-state index >= 15 is 0 Å². The molecule has 1 aromatic carbocycles. The number of aromatic carboxylic acids is 1. The first-order valence-electron chi connectivity index (χ1n) is 3.09. The number of carboxylic acid groups (broad SMARTS) is 1. The van der Waals surface area contributed by atoms with Gasteiger partial charge < -0.3 is 7.96 Å². The molecule has 0 bridgehead atoms. The Bertz CT molecular complexity index is 315. The van der Waals surface area contributed by atoms with Crippen LogP contribution in [-0.2, 0) is 0 Å². The Morgan fingerprint density at radius 1 is 1.46 bits per heavy atom. The van der Waals surface area contributed by atoms with Gasteiger partial charge in [-0.25, -0.2) is 4.79 Å². The Balaban J connectivity index is -0.000000480. The van der Waals surface area contributed by atoms with Gasteiger partial charge in [-0.3, -0.25) is 10.1 Å². The summed E-state index contributed by atoms with van der Waals surface area (Å²) < 4.78 is 0. The first-order valence-corrected chi connectivity index (χ1v) is 3.09. The topological polar surface area (TPSA) is 80.4 Å². The van der Waals surface area contributed by atoms with Crippen LogP contribution in [0.1, 0.15) is 13.2 Å². The van der Waals surface area contributed by atoms with E-state index in [2.05, 4.69) is 0 Å². The SMILES string of the molecule is O=C(O)c1ccccc1[N+](=O)[O-].[H-].[H-].[Mg+2]. The molecule has 0 fully saturated rings. The van der Waals surface area contributed by atoms with Crippen LogP contribution in [0.3, 0.4) is 0 Å². The molecule has 6 heteroatoms. The number of carboxylic acids is 1. The van der Waals surface area contributed by atoms with Crippen molar-refractivity contribution in [3.05, 3.63) is 39.9 Å². The third kappa shape index (κ3) is 2.67. The first-order chi connectivity index (χ1) is 5.63. The molecule has 0 heterocycles. The van der Waals surface area contributed by atoms with Gasteiger partial charge in [0, 0.05) is 6.07 Å². The van der Waals surface area contributed by atoms with Crippen LogP contribution in [0, 0.1) is 10.1 Å². The van der Waals surface area contributed by atoms with Gasteiger partial charge in [-0.1, -0.05) is 12.1 Å². The summed E-state index contributed by atoms with van der Waals surface area (Å²) in [5.41, 5.74) is -0.674. The van der Waals surface area contributed by atoms with Crippen LogP contribution < -0.4 is 0 Å². The second-order valence-electron chi connectivity index (χ2n) is 2.08. The predicted octanol–water partition coefficient (Wildman–Crippen LogP) is 1.14. The molecule has 5 nitrogen and oxygen atoms in total. The first kappa shape index (κ1) is 11.9. The molecule has 0 amide bonds. The summed E-state index contributed by atoms with van der Waals surface area (Å²) in [6.07, 6.45) is 0. The van der Waals surface area contributed by atoms with Gasteiger partial charge in [0.15, 0.2) is 0 Å². The Kier molecular flexibility index (Phi) is 4.36. The van der Waals surface area contributed by atoms with Crippen LogP contribution in [0.15, 0.2) is 24.3 Å². The van der Waals surface area contributed by atoms with Gasteiger partial charge in [0.05, 0.1) is 4.92 Å². The average molecular weight is 193 g/mol. The molecule has 66 valence electrons. The normalized spacial score (nSPS) is 8.62. The number of carbonyl (C=O) groups is 1. The van der Waals surface area contributed by atoms with Gasteiger partial charge in [0.2, 0.25) is 0 Å². The molecule has 0 saturated carbocycles. The van der Waals surface area contributed by atoms with Crippen LogP contribution in [-0.4, -0.2) is 39.1 Å². The molecule has 1 aromatic rings. The van der Waals surface area contributed by atoms with Gasteiger partial charge in [0.1, 0.15) is 5.56 Å². The summed E-state index contributed by atoms with van der Waals surface area (Å²) in [5.74, 6) is -1.29. The maximum atomic E-state index is 10.4. The van der Waals surface area contributed by atoms with Crippen molar-refractivity contribution in [1.82, 2.24) is 0 Å². The quantitative estimate of drug-likeness (QED) is 0.434. The molecule has 0 radical (unpaired) electrons. The van der Waals surface area contributed by atoms with Crippen LogP contribution in [0.2, 0.25) is 0 Å². The minimum atomic E-state index is -1.29. The van der Waals surface area contributed by atoms with Gasteiger partial charge in [0.25, 0.3) is 5.69 Å². The monoisotopic (exact) mass is 193 g/mol. The van der Waals surface area contributed by atoms with Crippen LogP contribution in [0.5, 0.6) is 0 Å². The van der Waals surface area contributed by atoms with E-state index in [0.29, 0.717) is 0 Å². The fourth-order valence-corrected chi connectivity index (χ4v) is 0.814. The zero-order valence-electron chi connectivity index (χ0n) is 8.64. The molecule has 13 heavy (non-hydrogen) atoms. The standard InChI is InChI=1S/C7H5NO4.Mg.2H/c9-7(10)5-3-1-2-4-6(5)8(11)12;;;/h1-4H,(H,9,10);;;/q;+2;2*-1. The van der Waals surface area contributed by atoms with E-state index in [0.717, 1.165) is 6.07 Å². The largest absolute Gasteiger partial charge is 2.00 e. The van der Waals surface area contributed by atoms with Crippen molar-refractivity contribution in [2.75, 3.05) is 0 Å². The van der Waals surface area contributed by atoms with Crippen molar-refractivity contribution in [3.8, 4) is 0 Å². The van der Waals surface area contributed by atoms with Crippen molar-refractivity contribution < 1.29 is 17.7 Å². The van der Waals surface area contributed by atoms with E-state index in [1.165, 1.54) is 18.2 Å². The van der Waals surface area contributed by atoms with Crippen LogP contribution in [0.25, 0.3) is 0 Å². The summed E-state index contributed by atoms with van der Waals surface area (Å²) in [6, 6.07) is 5.21. The third-order valence-electron chi connectivity index (χ3n) is 1.33. The number of nitro benzene ring substituents is 1. The van der Waals surface area contributed by atoms with Crippen molar-refractivity contribution in [1.29, 1.82) is 0 Å². The molecule has 1 rings (SSSR count).